The fourth-order valence-corrected chi connectivity index (χ4v) is 5.99. The first-order chi connectivity index (χ1) is 15.9. The van der Waals surface area contributed by atoms with Crippen LogP contribution in [0, 0.1) is 29.6 Å². The van der Waals surface area contributed by atoms with Crippen molar-refractivity contribution in [2.24, 2.45) is 29.6 Å². The van der Waals surface area contributed by atoms with E-state index < -0.39 is 0 Å². The number of aromatic amines is 1. The third-order valence-corrected chi connectivity index (χ3v) is 8.01. The number of fused-ring (bicyclic) bond motifs is 1. The molecule has 2 aliphatic rings. The average Bonchev–Trinajstić information content (AvgIpc) is 3.22. The standard InChI is InChI=1S/C28H41N3O2/c1-18(2)24-13-22(19(3)12-23(24)17-29-16-20-8-6-5-7-9-20)15-27-30-25-11-10-21(28(32)33-4)14-26(25)31-27/h10-12,14,18,20,22-24,29H,5-9,13,15-17H2,1-4H3,(H,30,31)/t22-,23-,24-/m0/s1. The maximum Gasteiger partial charge on any atom is 0.337 e. The number of allylic oxidation sites excluding steroid dienone is 1. The molecule has 5 nitrogen and oxygen atoms in total. The Balaban J connectivity index is 1.41. The lowest BCUT2D eigenvalue weighted by molar-refractivity contribution is 0.0601. The van der Waals surface area contributed by atoms with E-state index in [1.807, 2.05) is 12.1 Å². The lowest BCUT2D eigenvalue weighted by atomic mass is 9.69. The molecule has 180 valence electrons. The van der Waals surface area contributed by atoms with Gasteiger partial charge in [-0.3, -0.25) is 0 Å². The number of H-pyrrole nitrogens is 1. The minimum atomic E-state index is -0.318. The summed E-state index contributed by atoms with van der Waals surface area (Å²) in [7, 11) is 1.41. The summed E-state index contributed by atoms with van der Waals surface area (Å²) in [6.45, 7) is 9.33. The molecule has 0 bridgehead atoms. The molecule has 1 aromatic heterocycles. The van der Waals surface area contributed by atoms with E-state index in [9.17, 15) is 4.79 Å². The Morgan fingerprint density at radius 2 is 2.00 bits per heavy atom. The molecule has 4 rings (SSSR count). The molecule has 2 aliphatic carbocycles. The molecular formula is C28H41N3O2. The van der Waals surface area contributed by atoms with E-state index in [0.29, 0.717) is 29.2 Å². The molecule has 5 heteroatoms. The number of carbonyl (C=O) groups excluding carboxylic acids is 1. The number of carbonyl (C=O) groups is 1. The molecule has 3 atom stereocenters. The van der Waals surface area contributed by atoms with E-state index in [1.165, 1.54) is 57.8 Å². The van der Waals surface area contributed by atoms with E-state index in [0.717, 1.165) is 35.7 Å². The third-order valence-electron chi connectivity index (χ3n) is 8.01. The van der Waals surface area contributed by atoms with Crippen LogP contribution in [0.25, 0.3) is 11.0 Å². The van der Waals surface area contributed by atoms with Gasteiger partial charge < -0.3 is 15.0 Å². The third kappa shape index (κ3) is 5.87. The molecule has 0 saturated heterocycles. The topological polar surface area (TPSA) is 67.0 Å². The predicted octanol–water partition coefficient (Wildman–Crippen LogP) is 5.92. The zero-order valence-corrected chi connectivity index (χ0v) is 20.8. The summed E-state index contributed by atoms with van der Waals surface area (Å²) >= 11 is 0. The van der Waals surface area contributed by atoms with Gasteiger partial charge in [-0.25, -0.2) is 9.78 Å². The minimum absolute atomic E-state index is 0.318. The molecule has 1 fully saturated rings. The van der Waals surface area contributed by atoms with Crippen LogP contribution in [0.2, 0.25) is 0 Å². The quantitative estimate of drug-likeness (QED) is 0.386. The summed E-state index contributed by atoms with van der Waals surface area (Å²) in [5.74, 6) is 4.04. The summed E-state index contributed by atoms with van der Waals surface area (Å²) in [6.07, 6.45) is 11.7. The van der Waals surface area contributed by atoms with Crippen LogP contribution in [0.4, 0.5) is 0 Å². The van der Waals surface area contributed by atoms with Gasteiger partial charge in [-0.2, -0.15) is 0 Å². The summed E-state index contributed by atoms with van der Waals surface area (Å²) in [4.78, 5) is 20.1. The molecule has 0 unspecified atom stereocenters. The van der Waals surface area contributed by atoms with E-state index in [1.54, 1.807) is 6.07 Å². The Morgan fingerprint density at radius 1 is 1.21 bits per heavy atom. The van der Waals surface area contributed by atoms with Crippen LogP contribution < -0.4 is 5.32 Å². The molecular weight excluding hydrogens is 410 g/mol. The van der Waals surface area contributed by atoms with E-state index in [4.69, 9.17) is 9.72 Å². The second-order valence-electron chi connectivity index (χ2n) is 10.7. The zero-order chi connectivity index (χ0) is 23.4. The Kier molecular flexibility index (Phi) is 7.90. The first kappa shape index (κ1) is 24.0. The van der Waals surface area contributed by atoms with Crippen molar-refractivity contribution in [3.05, 3.63) is 41.2 Å². The molecule has 0 aliphatic heterocycles. The maximum absolute atomic E-state index is 11.9. The average molecular weight is 452 g/mol. The molecule has 2 aromatic rings. The second-order valence-corrected chi connectivity index (χ2v) is 10.7. The Hall–Kier alpha value is -2.14. The number of hydrogen-bond donors (Lipinski definition) is 2. The van der Waals surface area contributed by atoms with Gasteiger partial charge in [-0.15, -0.1) is 0 Å². The van der Waals surface area contributed by atoms with Crippen LogP contribution in [-0.4, -0.2) is 36.1 Å². The van der Waals surface area contributed by atoms with Crippen molar-refractivity contribution in [1.82, 2.24) is 15.3 Å². The SMILES string of the molecule is COC(=O)c1ccc2nc(C[C@@H]3C[C@@H](C(C)C)[C@H](CNCC4CCCCC4)C=C3C)[nH]c2c1. The largest absolute Gasteiger partial charge is 0.465 e. The van der Waals surface area contributed by atoms with Crippen molar-refractivity contribution in [2.45, 2.75) is 65.7 Å². The van der Waals surface area contributed by atoms with Crippen LogP contribution in [0.5, 0.6) is 0 Å². The maximum atomic E-state index is 11.9. The van der Waals surface area contributed by atoms with Gasteiger partial charge >= 0.3 is 5.97 Å². The first-order valence-corrected chi connectivity index (χ1v) is 12.9. The Bertz CT molecular complexity index is 971. The summed E-state index contributed by atoms with van der Waals surface area (Å²) in [6, 6.07) is 5.52. The predicted molar refractivity (Wildman–Crippen MR) is 134 cm³/mol. The fraction of sp³-hybridized carbons (Fsp3) is 0.643. The lowest BCUT2D eigenvalue weighted by Gasteiger charge is -2.37. The normalized spacial score (nSPS) is 24.3. The Labute approximate surface area is 198 Å². The number of rotatable bonds is 8. The molecule has 0 spiro atoms. The monoisotopic (exact) mass is 451 g/mol. The van der Waals surface area contributed by atoms with Gasteiger partial charge in [0.25, 0.3) is 0 Å². The molecule has 33 heavy (non-hydrogen) atoms. The fourth-order valence-electron chi connectivity index (χ4n) is 5.99. The summed E-state index contributed by atoms with van der Waals surface area (Å²) < 4.78 is 4.85. The van der Waals surface area contributed by atoms with E-state index in [2.05, 4.69) is 37.1 Å². The van der Waals surface area contributed by atoms with Gasteiger partial charge in [0.05, 0.1) is 23.7 Å². The number of esters is 1. The minimum Gasteiger partial charge on any atom is -0.465 e. The Morgan fingerprint density at radius 3 is 2.73 bits per heavy atom. The number of imidazole rings is 1. The summed E-state index contributed by atoms with van der Waals surface area (Å²) in [5.41, 5.74) is 3.85. The van der Waals surface area contributed by atoms with Crippen molar-refractivity contribution in [3.63, 3.8) is 0 Å². The molecule has 0 radical (unpaired) electrons. The second kappa shape index (κ2) is 10.9. The molecule has 2 N–H and O–H groups in total. The van der Waals surface area contributed by atoms with Crippen molar-refractivity contribution in [1.29, 1.82) is 0 Å². The van der Waals surface area contributed by atoms with Gasteiger partial charge in [0.1, 0.15) is 5.82 Å². The van der Waals surface area contributed by atoms with Crippen molar-refractivity contribution >= 4 is 17.0 Å². The smallest absolute Gasteiger partial charge is 0.337 e. The van der Waals surface area contributed by atoms with Crippen molar-refractivity contribution in [2.75, 3.05) is 20.2 Å². The van der Waals surface area contributed by atoms with Crippen LogP contribution >= 0.6 is 0 Å². The number of aromatic nitrogens is 2. The highest BCUT2D eigenvalue weighted by molar-refractivity contribution is 5.93. The molecule has 1 aromatic carbocycles. The van der Waals surface area contributed by atoms with Crippen LogP contribution in [0.15, 0.2) is 29.8 Å². The van der Waals surface area contributed by atoms with Gasteiger partial charge in [-0.1, -0.05) is 44.8 Å². The summed E-state index contributed by atoms with van der Waals surface area (Å²) in [5, 5.41) is 3.83. The van der Waals surface area contributed by atoms with Gasteiger partial charge in [-0.05, 0) is 80.5 Å². The first-order valence-electron chi connectivity index (χ1n) is 12.9. The number of ether oxygens (including phenoxy) is 1. The van der Waals surface area contributed by atoms with Crippen LogP contribution in [-0.2, 0) is 11.2 Å². The molecule has 1 heterocycles. The number of benzene rings is 1. The number of hydrogen-bond acceptors (Lipinski definition) is 4. The van der Waals surface area contributed by atoms with Crippen LogP contribution in [0.3, 0.4) is 0 Å². The number of nitrogens with one attached hydrogen (secondary N) is 2. The van der Waals surface area contributed by atoms with Crippen molar-refractivity contribution in [3.8, 4) is 0 Å². The number of methoxy groups -OCH3 is 1. The highest BCUT2D eigenvalue weighted by Crippen LogP contribution is 2.38. The van der Waals surface area contributed by atoms with Gasteiger partial charge in [0, 0.05) is 13.0 Å². The van der Waals surface area contributed by atoms with Crippen molar-refractivity contribution < 1.29 is 9.53 Å². The highest BCUT2D eigenvalue weighted by atomic mass is 16.5. The molecule has 1 saturated carbocycles. The van der Waals surface area contributed by atoms with Gasteiger partial charge in [0.15, 0.2) is 0 Å². The zero-order valence-electron chi connectivity index (χ0n) is 20.8. The highest BCUT2D eigenvalue weighted by Gasteiger charge is 2.32. The molecule has 0 amide bonds. The number of nitrogens with zero attached hydrogens (tertiary/aromatic N) is 1. The van der Waals surface area contributed by atoms with E-state index >= 15 is 0 Å². The van der Waals surface area contributed by atoms with E-state index in [-0.39, 0.29) is 5.97 Å². The lowest BCUT2D eigenvalue weighted by Crippen LogP contribution is -2.36. The van der Waals surface area contributed by atoms with Crippen LogP contribution in [0.1, 0.15) is 75.5 Å². The van der Waals surface area contributed by atoms with Gasteiger partial charge in [0.2, 0.25) is 0 Å².